The lowest BCUT2D eigenvalue weighted by Gasteiger charge is -2.13. The highest BCUT2D eigenvalue weighted by atomic mass is 79.9. The number of aliphatic hydroxyl groups is 1. The third-order valence-corrected chi connectivity index (χ3v) is 3.48. The molecular weight excluding hydrogens is 320 g/mol. The van der Waals surface area contributed by atoms with Crippen molar-refractivity contribution in [2.24, 2.45) is 0 Å². The van der Waals surface area contributed by atoms with Crippen molar-refractivity contribution < 1.29 is 9.52 Å². The fraction of sp³-hybridized carbons (Fsp3) is 0.400. The van der Waals surface area contributed by atoms with Gasteiger partial charge in [0, 0.05) is 21.1 Å². The van der Waals surface area contributed by atoms with Crippen LogP contribution in [0.2, 0.25) is 0 Å². The van der Waals surface area contributed by atoms with E-state index in [0.717, 1.165) is 21.4 Å². The summed E-state index contributed by atoms with van der Waals surface area (Å²) in [5, 5.41) is 12.6. The Hall–Kier alpha value is -1.33. The van der Waals surface area contributed by atoms with Crippen molar-refractivity contribution in [3.8, 4) is 0 Å². The summed E-state index contributed by atoms with van der Waals surface area (Å²) in [6.45, 7) is 6.77. The van der Waals surface area contributed by atoms with Gasteiger partial charge >= 0.3 is 0 Å². The SMILES string of the molecule is CC(C)(C)c1coc(CNc2ccc(Br)cc2CO)n1. The molecule has 0 fully saturated rings. The Balaban J connectivity index is 2.07. The molecular formula is C15H19BrN2O2. The zero-order chi connectivity index (χ0) is 14.8. The monoisotopic (exact) mass is 338 g/mol. The Morgan fingerprint density at radius 2 is 2.10 bits per heavy atom. The molecule has 0 radical (unpaired) electrons. The van der Waals surface area contributed by atoms with Crippen LogP contribution in [0.25, 0.3) is 0 Å². The number of anilines is 1. The summed E-state index contributed by atoms with van der Waals surface area (Å²) in [7, 11) is 0. The third-order valence-electron chi connectivity index (χ3n) is 2.99. The highest BCUT2D eigenvalue weighted by molar-refractivity contribution is 9.10. The quantitative estimate of drug-likeness (QED) is 0.889. The van der Waals surface area contributed by atoms with Crippen molar-refractivity contribution in [2.45, 2.75) is 39.3 Å². The van der Waals surface area contributed by atoms with Gasteiger partial charge in [-0.1, -0.05) is 36.7 Å². The first-order chi connectivity index (χ1) is 9.40. The number of aliphatic hydroxyl groups excluding tert-OH is 1. The topological polar surface area (TPSA) is 58.3 Å². The molecule has 0 atom stereocenters. The van der Waals surface area contributed by atoms with Crippen LogP contribution in [-0.4, -0.2) is 10.1 Å². The second-order valence-electron chi connectivity index (χ2n) is 5.69. The number of nitrogens with one attached hydrogen (secondary N) is 1. The molecule has 4 nitrogen and oxygen atoms in total. The zero-order valence-electron chi connectivity index (χ0n) is 11.9. The number of hydrogen-bond donors (Lipinski definition) is 2. The molecule has 5 heteroatoms. The van der Waals surface area contributed by atoms with Crippen molar-refractivity contribution in [3.63, 3.8) is 0 Å². The van der Waals surface area contributed by atoms with Gasteiger partial charge in [-0.3, -0.25) is 0 Å². The average Bonchev–Trinajstić information content (AvgIpc) is 2.86. The molecule has 0 saturated carbocycles. The van der Waals surface area contributed by atoms with Gasteiger partial charge in [0.25, 0.3) is 0 Å². The second-order valence-corrected chi connectivity index (χ2v) is 6.61. The van der Waals surface area contributed by atoms with E-state index in [1.165, 1.54) is 0 Å². The van der Waals surface area contributed by atoms with Gasteiger partial charge in [0.15, 0.2) is 0 Å². The minimum atomic E-state index is -0.0182. The van der Waals surface area contributed by atoms with E-state index in [2.05, 4.69) is 47.0 Å². The largest absolute Gasteiger partial charge is 0.447 e. The number of hydrogen-bond acceptors (Lipinski definition) is 4. The third kappa shape index (κ3) is 3.61. The van der Waals surface area contributed by atoms with E-state index in [1.54, 1.807) is 6.26 Å². The molecule has 0 unspecified atom stereocenters. The standard InChI is InChI=1S/C15H19BrN2O2/c1-15(2,3)13-9-20-14(18-13)7-17-12-5-4-11(16)6-10(12)8-19/h4-6,9,17,19H,7-8H2,1-3H3. The van der Waals surface area contributed by atoms with Gasteiger partial charge in [-0.25, -0.2) is 4.98 Å². The lowest BCUT2D eigenvalue weighted by atomic mass is 9.93. The number of nitrogens with zero attached hydrogens (tertiary/aromatic N) is 1. The molecule has 0 aliphatic rings. The summed E-state index contributed by atoms with van der Waals surface area (Å²) < 4.78 is 6.41. The zero-order valence-corrected chi connectivity index (χ0v) is 13.5. The number of halogens is 1. The maximum absolute atomic E-state index is 9.35. The van der Waals surface area contributed by atoms with Crippen LogP contribution in [0.3, 0.4) is 0 Å². The van der Waals surface area contributed by atoms with Crippen LogP contribution >= 0.6 is 15.9 Å². The highest BCUT2D eigenvalue weighted by Gasteiger charge is 2.18. The van der Waals surface area contributed by atoms with Crippen LogP contribution < -0.4 is 5.32 Å². The van der Waals surface area contributed by atoms with E-state index in [1.807, 2.05) is 18.2 Å². The van der Waals surface area contributed by atoms with Crippen molar-refractivity contribution >= 4 is 21.6 Å². The van der Waals surface area contributed by atoms with Crippen molar-refractivity contribution in [3.05, 3.63) is 46.1 Å². The Labute approximate surface area is 127 Å². The molecule has 0 spiro atoms. The normalized spacial score (nSPS) is 11.7. The predicted octanol–water partition coefficient (Wildman–Crippen LogP) is 3.84. The highest BCUT2D eigenvalue weighted by Crippen LogP contribution is 2.23. The molecule has 108 valence electrons. The van der Waals surface area contributed by atoms with Gasteiger partial charge in [0.1, 0.15) is 6.26 Å². The van der Waals surface area contributed by atoms with E-state index < -0.39 is 0 Å². The Kier molecular flexibility index (Phi) is 4.50. The van der Waals surface area contributed by atoms with Crippen LogP contribution in [0.15, 0.2) is 33.4 Å². The van der Waals surface area contributed by atoms with Gasteiger partial charge in [-0.05, 0) is 18.2 Å². The first kappa shape index (κ1) is 15.1. The first-order valence-corrected chi connectivity index (χ1v) is 7.27. The Bertz CT molecular complexity index is 588. The van der Waals surface area contributed by atoms with E-state index >= 15 is 0 Å². The maximum atomic E-state index is 9.35. The molecule has 0 aliphatic heterocycles. The summed E-state index contributed by atoms with van der Waals surface area (Å²) in [6.07, 6.45) is 1.70. The molecule has 0 bridgehead atoms. The summed E-state index contributed by atoms with van der Waals surface area (Å²) in [5.41, 5.74) is 2.64. The van der Waals surface area contributed by atoms with Crippen molar-refractivity contribution in [1.29, 1.82) is 0 Å². The van der Waals surface area contributed by atoms with E-state index in [9.17, 15) is 5.11 Å². The van der Waals surface area contributed by atoms with E-state index in [0.29, 0.717) is 12.4 Å². The molecule has 0 aliphatic carbocycles. The Morgan fingerprint density at radius 3 is 2.70 bits per heavy atom. The maximum Gasteiger partial charge on any atom is 0.213 e. The van der Waals surface area contributed by atoms with Gasteiger partial charge in [0.2, 0.25) is 5.89 Å². The molecule has 2 rings (SSSR count). The predicted molar refractivity (Wildman–Crippen MR) is 82.6 cm³/mol. The number of aromatic nitrogens is 1. The lowest BCUT2D eigenvalue weighted by Crippen LogP contribution is -2.12. The van der Waals surface area contributed by atoms with Crippen LogP contribution in [0.4, 0.5) is 5.69 Å². The average molecular weight is 339 g/mol. The molecule has 2 N–H and O–H groups in total. The van der Waals surface area contributed by atoms with E-state index in [4.69, 9.17) is 4.42 Å². The van der Waals surface area contributed by atoms with Crippen LogP contribution in [-0.2, 0) is 18.6 Å². The van der Waals surface area contributed by atoms with Crippen molar-refractivity contribution in [2.75, 3.05) is 5.32 Å². The fourth-order valence-electron chi connectivity index (χ4n) is 1.77. The van der Waals surface area contributed by atoms with Gasteiger partial charge in [-0.2, -0.15) is 0 Å². The molecule has 0 saturated heterocycles. The number of rotatable bonds is 4. The molecule has 1 aromatic heterocycles. The fourth-order valence-corrected chi connectivity index (χ4v) is 2.18. The number of oxazole rings is 1. The number of benzene rings is 1. The van der Waals surface area contributed by atoms with Crippen LogP contribution in [0.5, 0.6) is 0 Å². The van der Waals surface area contributed by atoms with Gasteiger partial charge in [-0.15, -0.1) is 0 Å². The molecule has 2 aromatic rings. The summed E-state index contributed by atoms with van der Waals surface area (Å²) in [4.78, 5) is 4.47. The van der Waals surface area contributed by atoms with Crippen LogP contribution in [0.1, 0.15) is 37.9 Å². The van der Waals surface area contributed by atoms with Gasteiger partial charge in [0.05, 0.1) is 18.8 Å². The van der Waals surface area contributed by atoms with Gasteiger partial charge < -0.3 is 14.8 Å². The van der Waals surface area contributed by atoms with Crippen molar-refractivity contribution in [1.82, 2.24) is 4.98 Å². The minimum absolute atomic E-state index is 0.0133. The Morgan fingerprint density at radius 1 is 1.35 bits per heavy atom. The molecule has 0 amide bonds. The molecule has 1 heterocycles. The second kappa shape index (κ2) is 5.97. The first-order valence-electron chi connectivity index (χ1n) is 6.48. The smallest absolute Gasteiger partial charge is 0.213 e. The summed E-state index contributed by atoms with van der Waals surface area (Å²) in [6, 6.07) is 5.74. The molecule has 1 aromatic carbocycles. The molecule has 20 heavy (non-hydrogen) atoms. The lowest BCUT2D eigenvalue weighted by molar-refractivity contribution is 0.282. The minimum Gasteiger partial charge on any atom is -0.447 e. The summed E-state index contributed by atoms with van der Waals surface area (Å²) >= 11 is 3.39. The summed E-state index contributed by atoms with van der Waals surface area (Å²) in [5.74, 6) is 0.640. The van der Waals surface area contributed by atoms with E-state index in [-0.39, 0.29) is 12.0 Å². The van der Waals surface area contributed by atoms with Crippen LogP contribution in [0, 0.1) is 0 Å².